The highest BCUT2D eigenvalue weighted by Gasteiger charge is 2.10. The minimum atomic E-state index is -0.708. The molecule has 0 heterocycles. The van der Waals surface area contributed by atoms with Gasteiger partial charge in [0.15, 0.2) is 0 Å². The van der Waals surface area contributed by atoms with Crippen LogP contribution in [0.2, 0.25) is 0 Å². The third kappa shape index (κ3) is 1.94. The van der Waals surface area contributed by atoms with Crippen molar-refractivity contribution in [2.24, 2.45) is 0 Å². The molecule has 1 rings (SSSR count). The lowest BCUT2D eigenvalue weighted by atomic mass is 10.1. The van der Waals surface area contributed by atoms with Crippen LogP contribution in [0.5, 0.6) is 0 Å². The lowest BCUT2D eigenvalue weighted by molar-refractivity contribution is -0.384. The molecule has 0 bridgehead atoms. The molecule has 0 amide bonds. The Balaban J connectivity index is 3.13. The van der Waals surface area contributed by atoms with Gasteiger partial charge in [-0.1, -0.05) is 0 Å². The summed E-state index contributed by atoms with van der Waals surface area (Å²) < 4.78 is 0. The summed E-state index contributed by atoms with van der Waals surface area (Å²) in [6.07, 6.45) is -0.708. The molecule has 0 aromatic heterocycles. The van der Waals surface area contributed by atoms with E-state index in [1.54, 1.807) is 6.92 Å². The average molecular weight is 182 g/mol. The number of nitrogen functional groups attached to an aromatic ring is 1. The summed E-state index contributed by atoms with van der Waals surface area (Å²) in [4.78, 5) is 9.80. The number of nitro benzene ring substituents is 1. The number of aliphatic hydroxyl groups is 1. The van der Waals surface area contributed by atoms with E-state index in [0.29, 0.717) is 5.56 Å². The van der Waals surface area contributed by atoms with Gasteiger partial charge in [-0.3, -0.25) is 10.1 Å². The van der Waals surface area contributed by atoms with Crippen molar-refractivity contribution in [3.63, 3.8) is 0 Å². The van der Waals surface area contributed by atoms with E-state index in [4.69, 9.17) is 5.73 Å². The first kappa shape index (κ1) is 9.47. The third-order valence-electron chi connectivity index (χ3n) is 1.73. The van der Waals surface area contributed by atoms with Gasteiger partial charge >= 0.3 is 0 Å². The molecule has 0 saturated carbocycles. The van der Waals surface area contributed by atoms with Crippen molar-refractivity contribution >= 4 is 11.4 Å². The highest BCUT2D eigenvalue weighted by Crippen LogP contribution is 2.24. The van der Waals surface area contributed by atoms with E-state index in [0.717, 1.165) is 0 Å². The van der Waals surface area contributed by atoms with Crippen molar-refractivity contribution in [1.82, 2.24) is 0 Å². The van der Waals surface area contributed by atoms with E-state index >= 15 is 0 Å². The van der Waals surface area contributed by atoms with Crippen LogP contribution in [0.15, 0.2) is 18.2 Å². The summed E-state index contributed by atoms with van der Waals surface area (Å²) in [5, 5.41) is 19.5. The Labute approximate surface area is 74.9 Å². The Morgan fingerprint density at radius 3 is 2.62 bits per heavy atom. The average Bonchev–Trinajstić information content (AvgIpc) is 2.03. The fourth-order valence-corrected chi connectivity index (χ4v) is 1.06. The van der Waals surface area contributed by atoms with Crippen molar-refractivity contribution in [1.29, 1.82) is 0 Å². The molecule has 0 aliphatic heterocycles. The highest BCUT2D eigenvalue weighted by molar-refractivity contribution is 5.54. The molecule has 1 aromatic carbocycles. The number of benzene rings is 1. The first-order chi connectivity index (χ1) is 6.02. The number of nitrogens with two attached hydrogens (primary N) is 1. The molecule has 13 heavy (non-hydrogen) atoms. The maximum atomic E-state index is 10.3. The zero-order valence-electron chi connectivity index (χ0n) is 7.10. The summed E-state index contributed by atoms with van der Waals surface area (Å²) in [5.74, 6) is 0. The van der Waals surface area contributed by atoms with E-state index < -0.39 is 11.0 Å². The van der Waals surface area contributed by atoms with Crippen LogP contribution in [0, 0.1) is 10.1 Å². The smallest absolute Gasteiger partial charge is 0.271 e. The molecule has 0 saturated heterocycles. The van der Waals surface area contributed by atoms with Crippen LogP contribution in [0.3, 0.4) is 0 Å². The summed E-state index contributed by atoms with van der Waals surface area (Å²) in [5.41, 5.74) is 6.17. The number of non-ortho nitro benzene ring substituents is 1. The van der Waals surface area contributed by atoms with E-state index in [9.17, 15) is 15.2 Å². The van der Waals surface area contributed by atoms with E-state index in [2.05, 4.69) is 0 Å². The number of nitro groups is 1. The molecule has 1 atom stereocenters. The number of nitrogens with zero attached hydrogens (tertiary/aromatic N) is 1. The van der Waals surface area contributed by atoms with E-state index in [1.165, 1.54) is 18.2 Å². The topological polar surface area (TPSA) is 89.4 Å². The van der Waals surface area contributed by atoms with Crippen molar-refractivity contribution in [3.8, 4) is 0 Å². The van der Waals surface area contributed by atoms with Gasteiger partial charge in [-0.2, -0.15) is 0 Å². The number of hydrogen-bond donors (Lipinski definition) is 2. The summed E-state index contributed by atoms with van der Waals surface area (Å²) in [7, 11) is 0. The van der Waals surface area contributed by atoms with Gasteiger partial charge in [0.1, 0.15) is 0 Å². The first-order valence-corrected chi connectivity index (χ1v) is 3.74. The summed E-state index contributed by atoms with van der Waals surface area (Å²) in [6, 6.07) is 4.01. The molecule has 5 heteroatoms. The van der Waals surface area contributed by atoms with Gasteiger partial charge in [-0.25, -0.2) is 0 Å². The largest absolute Gasteiger partial charge is 0.398 e. The maximum absolute atomic E-state index is 10.3. The number of anilines is 1. The molecule has 1 aromatic rings. The van der Waals surface area contributed by atoms with Crippen molar-refractivity contribution < 1.29 is 10.0 Å². The predicted molar refractivity (Wildman–Crippen MR) is 48.1 cm³/mol. The van der Waals surface area contributed by atoms with Crippen LogP contribution < -0.4 is 5.73 Å². The Bertz CT molecular complexity index is 336. The molecule has 0 aliphatic carbocycles. The normalized spacial score (nSPS) is 12.5. The Morgan fingerprint density at radius 2 is 2.23 bits per heavy atom. The van der Waals surface area contributed by atoms with Crippen LogP contribution in [0.1, 0.15) is 18.6 Å². The second-order valence-corrected chi connectivity index (χ2v) is 2.75. The standard InChI is InChI=1S/C8H10N2O3/c1-5(11)7-3-2-6(10(12)13)4-8(7)9/h2-5,11H,9H2,1H3/t5-/m0/s1. The fraction of sp³-hybridized carbons (Fsp3) is 0.250. The monoisotopic (exact) mass is 182 g/mol. The molecule has 0 radical (unpaired) electrons. The minimum Gasteiger partial charge on any atom is -0.398 e. The fourth-order valence-electron chi connectivity index (χ4n) is 1.06. The minimum absolute atomic E-state index is 0.0677. The second kappa shape index (κ2) is 3.40. The third-order valence-corrected chi connectivity index (χ3v) is 1.73. The van der Waals surface area contributed by atoms with Gasteiger partial charge in [0.25, 0.3) is 5.69 Å². The van der Waals surface area contributed by atoms with Gasteiger partial charge < -0.3 is 10.8 Å². The molecule has 5 nitrogen and oxygen atoms in total. The molecule has 0 unspecified atom stereocenters. The molecule has 0 aliphatic rings. The van der Waals surface area contributed by atoms with Crippen LogP contribution in [-0.4, -0.2) is 10.0 Å². The molecule has 0 fully saturated rings. The first-order valence-electron chi connectivity index (χ1n) is 3.74. The predicted octanol–water partition coefficient (Wildman–Crippen LogP) is 1.23. The molecular weight excluding hydrogens is 172 g/mol. The summed E-state index contributed by atoms with van der Waals surface area (Å²) >= 11 is 0. The van der Waals surface area contributed by atoms with Gasteiger partial charge in [-0.15, -0.1) is 0 Å². The van der Waals surface area contributed by atoms with Crippen LogP contribution >= 0.6 is 0 Å². The Morgan fingerprint density at radius 1 is 1.62 bits per heavy atom. The van der Waals surface area contributed by atoms with Crippen molar-refractivity contribution in [2.75, 3.05) is 5.73 Å². The molecular formula is C8H10N2O3. The SMILES string of the molecule is C[C@H](O)c1ccc([N+](=O)[O-])cc1N. The molecule has 70 valence electrons. The van der Waals surface area contributed by atoms with Crippen LogP contribution in [0.4, 0.5) is 11.4 Å². The van der Waals surface area contributed by atoms with Gasteiger partial charge in [0.05, 0.1) is 11.0 Å². The molecule has 3 N–H and O–H groups in total. The van der Waals surface area contributed by atoms with Gasteiger partial charge in [-0.05, 0) is 13.0 Å². The number of rotatable bonds is 2. The lowest BCUT2D eigenvalue weighted by Gasteiger charge is -2.07. The highest BCUT2D eigenvalue weighted by atomic mass is 16.6. The molecule has 0 spiro atoms. The maximum Gasteiger partial charge on any atom is 0.271 e. The van der Waals surface area contributed by atoms with Crippen LogP contribution in [-0.2, 0) is 0 Å². The number of hydrogen-bond acceptors (Lipinski definition) is 4. The van der Waals surface area contributed by atoms with E-state index in [-0.39, 0.29) is 11.4 Å². The van der Waals surface area contributed by atoms with Crippen molar-refractivity contribution in [3.05, 3.63) is 33.9 Å². The zero-order valence-corrected chi connectivity index (χ0v) is 7.10. The zero-order chi connectivity index (χ0) is 10.0. The van der Waals surface area contributed by atoms with Crippen molar-refractivity contribution in [2.45, 2.75) is 13.0 Å². The van der Waals surface area contributed by atoms with E-state index in [1.807, 2.05) is 0 Å². The quantitative estimate of drug-likeness (QED) is 0.409. The number of aliphatic hydroxyl groups excluding tert-OH is 1. The van der Waals surface area contributed by atoms with Gasteiger partial charge in [0.2, 0.25) is 0 Å². The summed E-state index contributed by atoms with van der Waals surface area (Å²) in [6.45, 7) is 1.55. The Kier molecular flexibility index (Phi) is 2.48. The van der Waals surface area contributed by atoms with Gasteiger partial charge in [0, 0.05) is 23.4 Å². The lowest BCUT2D eigenvalue weighted by Crippen LogP contribution is -1.99. The second-order valence-electron chi connectivity index (χ2n) is 2.75. The van der Waals surface area contributed by atoms with Crippen LogP contribution in [0.25, 0.3) is 0 Å². The Hall–Kier alpha value is -1.62.